The van der Waals surface area contributed by atoms with Gasteiger partial charge in [0.05, 0.1) is 16.4 Å². The third-order valence-corrected chi connectivity index (χ3v) is 3.30. The maximum absolute atomic E-state index is 11.9. The lowest BCUT2D eigenvalue weighted by Crippen LogP contribution is -2.22. The average molecular weight is 330 g/mol. The predicted molar refractivity (Wildman–Crippen MR) is 88.0 cm³/mol. The van der Waals surface area contributed by atoms with Gasteiger partial charge in [-0.1, -0.05) is 6.07 Å². The minimum Gasteiger partial charge on any atom is -0.376 e. The molecule has 2 rings (SSSR count). The third-order valence-electron chi connectivity index (χ3n) is 3.30. The summed E-state index contributed by atoms with van der Waals surface area (Å²) in [7, 11) is 0. The highest BCUT2D eigenvalue weighted by Crippen LogP contribution is 2.24. The highest BCUT2D eigenvalue weighted by molar-refractivity contribution is 5.94. The van der Waals surface area contributed by atoms with Crippen molar-refractivity contribution in [2.75, 3.05) is 17.2 Å². The van der Waals surface area contributed by atoms with Crippen molar-refractivity contribution >= 4 is 28.7 Å². The van der Waals surface area contributed by atoms with Gasteiger partial charge in [-0.25, -0.2) is 0 Å². The highest BCUT2D eigenvalue weighted by Gasteiger charge is 2.13. The van der Waals surface area contributed by atoms with E-state index in [2.05, 4.69) is 10.6 Å². The monoisotopic (exact) mass is 330 g/mol. The lowest BCUT2D eigenvalue weighted by molar-refractivity contribution is -0.385. The van der Waals surface area contributed by atoms with Gasteiger partial charge in [-0.05, 0) is 25.1 Å². The Morgan fingerprint density at radius 1 is 1.04 bits per heavy atom. The van der Waals surface area contributed by atoms with E-state index in [9.17, 15) is 25.0 Å². The Labute approximate surface area is 136 Å². The van der Waals surface area contributed by atoms with Crippen LogP contribution in [0.25, 0.3) is 0 Å². The minimum absolute atomic E-state index is 0.0317. The van der Waals surface area contributed by atoms with Crippen LogP contribution in [0.3, 0.4) is 0 Å². The first kappa shape index (κ1) is 16.9. The molecule has 2 aromatic carbocycles. The summed E-state index contributed by atoms with van der Waals surface area (Å²) in [5.74, 6) is -0.380. The van der Waals surface area contributed by atoms with Gasteiger partial charge in [0, 0.05) is 35.1 Å². The van der Waals surface area contributed by atoms with E-state index in [1.165, 1.54) is 36.4 Å². The molecule has 0 saturated heterocycles. The van der Waals surface area contributed by atoms with E-state index in [0.29, 0.717) is 16.9 Å². The minimum atomic E-state index is -0.530. The second-order valence-corrected chi connectivity index (χ2v) is 4.91. The first-order chi connectivity index (χ1) is 11.4. The Morgan fingerprint density at radius 2 is 1.71 bits per heavy atom. The number of nitro groups is 2. The van der Waals surface area contributed by atoms with Gasteiger partial charge in [0.15, 0.2) is 0 Å². The highest BCUT2D eigenvalue weighted by atomic mass is 16.6. The SMILES string of the molecule is Cc1c(NCC(=O)Nc2ccc([N+](=O)[O-])cc2)cccc1[N+](=O)[O-]. The van der Waals surface area contributed by atoms with Crippen LogP contribution in [-0.2, 0) is 4.79 Å². The van der Waals surface area contributed by atoms with Crippen molar-refractivity contribution in [1.82, 2.24) is 0 Å². The molecule has 1 amide bonds. The summed E-state index contributed by atoms with van der Waals surface area (Å²) < 4.78 is 0. The standard InChI is InChI=1S/C15H14N4O5/c1-10-13(3-2-4-14(10)19(23)24)16-9-15(20)17-11-5-7-12(8-6-11)18(21)22/h2-8,16H,9H2,1H3,(H,17,20). The van der Waals surface area contributed by atoms with Crippen LogP contribution >= 0.6 is 0 Å². The summed E-state index contributed by atoms with van der Waals surface area (Å²) in [5, 5.41) is 26.9. The Bertz CT molecular complexity index is 789. The topological polar surface area (TPSA) is 127 Å². The van der Waals surface area contributed by atoms with Crippen molar-refractivity contribution in [2.45, 2.75) is 6.92 Å². The number of nitrogens with zero attached hydrogens (tertiary/aromatic N) is 2. The Morgan fingerprint density at radius 3 is 2.29 bits per heavy atom. The summed E-state index contributed by atoms with van der Waals surface area (Å²) in [6.45, 7) is 1.49. The number of nitro benzene ring substituents is 2. The fourth-order valence-electron chi connectivity index (χ4n) is 2.06. The molecule has 0 radical (unpaired) electrons. The van der Waals surface area contributed by atoms with Crippen LogP contribution in [0.1, 0.15) is 5.56 Å². The van der Waals surface area contributed by atoms with Crippen molar-refractivity contribution in [3.05, 3.63) is 68.3 Å². The summed E-state index contributed by atoms with van der Waals surface area (Å²) in [4.78, 5) is 32.3. The van der Waals surface area contributed by atoms with E-state index < -0.39 is 9.85 Å². The molecule has 2 N–H and O–H groups in total. The maximum Gasteiger partial charge on any atom is 0.274 e. The van der Waals surface area contributed by atoms with Gasteiger partial charge in [0.2, 0.25) is 5.91 Å². The zero-order chi connectivity index (χ0) is 17.7. The number of hydrogen-bond donors (Lipinski definition) is 2. The molecule has 0 aliphatic rings. The number of benzene rings is 2. The zero-order valence-corrected chi connectivity index (χ0v) is 12.7. The van der Waals surface area contributed by atoms with Crippen molar-refractivity contribution < 1.29 is 14.6 Å². The second kappa shape index (κ2) is 7.18. The molecule has 24 heavy (non-hydrogen) atoms. The van der Waals surface area contributed by atoms with E-state index in [-0.39, 0.29) is 23.8 Å². The number of carbonyl (C=O) groups excluding carboxylic acids is 1. The maximum atomic E-state index is 11.9. The van der Waals surface area contributed by atoms with Crippen LogP contribution in [-0.4, -0.2) is 22.3 Å². The van der Waals surface area contributed by atoms with Gasteiger partial charge in [-0.2, -0.15) is 0 Å². The first-order valence-corrected chi connectivity index (χ1v) is 6.90. The van der Waals surface area contributed by atoms with E-state index in [1.54, 1.807) is 13.0 Å². The fourth-order valence-corrected chi connectivity index (χ4v) is 2.06. The van der Waals surface area contributed by atoms with Gasteiger partial charge in [-0.3, -0.25) is 25.0 Å². The molecule has 0 heterocycles. The molecule has 0 saturated carbocycles. The lowest BCUT2D eigenvalue weighted by Gasteiger charge is -2.10. The molecule has 0 aromatic heterocycles. The predicted octanol–water partition coefficient (Wildman–Crippen LogP) is 2.86. The number of hydrogen-bond acceptors (Lipinski definition) is 6. The molecule has 0 atom stereocenters. The van der Waals surface area contributed by atoms with Gasteiger partial charge >= 0.3 is 0 Å². The summed E-state index contributed by atoms with van der Waals surface area (Å²) in [5.41, 5.74) is 1.24. The van der Waals surface area contributed by atoms with Crippen molar-refractivity contribution in [3.8, 4) is 0 Å². The Kier molecular flexibility index (Phi) is 5.05. The van der Waals surface area contributed by atoms with Crippen LogP contribution in [0.5, 0.6) is 0 Å². The summed E-state index contributed by atoms with van der Waals surface area (Å²) in [6.07, 6.45) is 0. The fraction of sp³-hybridized carbons (Fsp3) is 0.133. The van der Waals surface area contributed by atoms with E-state index in [4.69, 9.17) is 0 Å². The molecule has 0 fully saturated rings. The molecule has 0 bridgehead atoms. The molecule has 0 unspecified atom stereocenters. The first-order valence-electron chi connectivity index (χ1n) is 6.90. The molecule has 0 aliphatic heterocycles. The van der Waals surface area contributed by atoms with Crippen LogP contribution < -0.4 is 10.6 Å². The number of non-ortho nitro benzene ring substituents is 1. The molecule has 0 spiro atoms. The van der Waals surface area contributed by atoms with Gasteiger partial charge in [0.1, 0.15) is 0 Å². The van der Waals surface area contributed by atoms with Crippen LogP contribution in [0.15, 0.2) is 42.5 Å². The largest absolute Gasteiger partial charge is 0.376 e. The van der Waals surface area contributed by atoms with Gasteiger partial charge in [0.25, 0.3) is 11.4 Å². The van der Waals surface area contributed by atoms with E-state index >= 15 is 0 Å². The zero-order valence-electron chi connectivity index (χ0n) is 12.7. The van der Waals surface area contributed by atoms with Crippen LogP contribution in [0, 0.1) is 27.2 Å². The van der Waals surface area contributed by atoms with Crippen LogP contribution in [0.4, 0.5) is 22.7 Å². The molecule has 9 nitrogen and oxygen atoms in total. The third kappa shape index (κ3) is 4.03. The number of anilines is 2. The number of rotatable bonds is 6. The van der Waals surface area contributed by atoms with Crippen LogP contribution in [0.2, 0.25) is 0 Å². The molecule has 2 aromatic rings. The van der Waals surface area contributed by atoms with Gasteiger partial charge in [-0.15, -0.1) is 0 Å². The molecule has 124 valence electrons. The van der Waals surface area contributed by atoms with Crippen molar-refractivity contribution in [1.29, 1.82) is 0 Å². The normalized spacial score (nSPS) is 10.0. The quantitative estimate of drug-likeness (QED) is 0.619. The van der Waals surface area contributed by atoms with E-state index in [1.807, 2.05) is 0 Å². The molecular formula is C15H14N4O5. The van der Waals surface area contributed by atoms with E-state index in [0.717, 1.165) is 0 Å². The Balaban J connectivity index is 1.97. The summed E-state index contributed by atoms with van der Waals surface area (Å²) >= 11 is 0. The molecule has 9 heteroatoms. The van der Waals surface area contributed by atoms with Crippen molar-refractivity contribution in [2.24, 2.45) is 0 Å². The Hall–Kier alpha value is -3.49. The smallest absolute Gasteiger partial charge is 0.274 e. The van der Waals surface area contributed by atoms with Crippen molar-refractivity contribution in [3.63, 3.8) is 0 Å². The number of nitrogens with one attached hydrogen (secondary N) is 2. The average Bonchev–Trinajstić information content (AvgIpc) is 2.54. The number of amides is 1. The van der Waals surface area contributed by atoms with Gasteiger partial charge < -0.3 is 10.6 Å². The number of carbonyl (C=O) groups is 1. The molecule has 0 aliphatic carbocycles. The second-order valence-electron chi connectivity index (χ2n) is 4.91. The molecular weight excluding hydrogens is 316 g/mol. The summed E-state index contributed by atoms with van der Waals surface area (Å²) in [6, 6.07) is 9.98. The lowest BCUT2D eigenvalue weighted by atomic mass is 10.1.